The van der Waals surface area contributed by atoms with E-state index in [-0.39, 0.29) is 0 Å². The summed E-state index contributed by atoms with van der Waals surface area (Å²) in [5.41, 5.74) is -0.420. The summed E-state index contributed by atoms with van der Waals surface area (Å²) in [5.74, 6) is 0. The fraction of sp³-hybridized carbons (Fsp3) is 0.714. The first-order chi connectivity index (χ1) is 4.95. The Labute approximate surface area is 75.6 Å². The molecular formula is C7H13BrNO2+. The summed E-state index contributed by atoms with van der Waals surface area (Å²) in [5, 5.41) is 4.19. The molecule has 0 rings (SSSR count). The van der Waals surface area contributed by atoms with Gasteiger partial charge in [0.1, 0.15) is 5.60 Å². The van der Waals surface area contributed by atoms with Gasteiger partial charge in [0.05, 0.1) is 0 Å². The van der Waals surface area contributed by atoms with E-state index in [1.807, 2.05) is 20.8 Å². The maximum Gasteiger partial charge on any atom is 0.410 e. The van der Waals surface area contributed by atoms with Gasteiger partial charge in [-0.15, -0.1) is 0 Å². The van der Waals surface area contributed by atoms with Crippen LogP contribution in [0.25, 0.3) is 0 Å². The predicted octanol–water partition coefficient (Wildman–Crippen LogP) is 2.07. The summed E-state index contributed by atoms with van der Waals surface area (Å²) in [4.78, 5) is 10.8. The lowest BCUT2D eigenvalue weighted by molar-refractivity contribution is 0.0533. The number of carbonyl (C=O) groups excluding carboxylic acids is 1. The molecule has 0 aliphatic carbocycles. The molecule has 0 aliphatic heterocycles. The van der Waals surface area contributed by atoms with Crippen LogP contribution >= 0.6 is 15.9 Å². The van der Waals surface area contributed by atoms with E-state index in [4.69, 9.17) is 4.74 Å². The van der Waals surface area contributed by atoms with Crippen LogP contribution in [0.2, 0.25) is 0 Å². The number of hydrogen-bond acceptors (Lipinski definition) is 2. The minimum absolute atomic E-state index is 0.395. The van der Waals surface area contributed by atoms with Crippen molar-refractivity contribution in [2.45, 2.75) is 26.4 Å². The third kappa shape index (κ3) is 7.52. The third-order valence-electron chi connectivity index (χ3n) is 0.722. The highest BCUT2D eigenvalue weighted by Crippen LogP contribution is 2.06. The standard InChI is InChI=1S/C7H12BrNO2/c1-7(2,3)11-6(10)9-5-4-8/h4H,5H2,1-3H3/p+1. The molecule has 0 radical (unpaired) electrons. The Bertz CT molecular complexity index is 131. The van der Waals surface area contributed by atoms with Crippen molar-refractivity contribution in [2.75, 3.05) is 6.54 Å². The number of ether oxygens (including phenoxy) is 1. The van der Waals surface area contributed by atoms with Gasteiger partial charge >= 0.3 is 6.09 Å². The fourth-order valence-electron chi connectivity index (χ4n) is 0.436. The molecule has 0 aromatic carbocycles. The molecule has 1 amide bonds. The zero-order valence-corrected chi connectivity index (χ0v) is 8.56. The van der Waals surface area contributed by atoms with Crippen molar-refractivity contribution >= 4 is 22.0 Å². The number of amides is 1. The highest BCUT2D eigenvalue weighted by Gasteiger charge is 2.15. The second-order valence-corrected chi connectivity index (χ2v) is 3.68. The van der Waals surface area contributed by atoms with E-state index < -0.39 is 11.7 Å². The number of hydrogen-bond donors (Lipinski definition) is 1. The van der Waals surface area contributed by atoms with Gasteiger partial charge in [0.25, 0.3) is 0 Å². The summed E-state index contributed by atoms with van der Waals surface area (Å²) in [6, 6.07) is 0. The zero-order chi connectivity index (χ0) is 8.91. The lowest BCUT2D eigenvalue weighted by Gasteiger charge is -2.18. The van der Waals surface area contributed by atoms with Gasteiger partial charge in [0, 0.05) is 0 Å². The maximum atomic E-state index is 10.8. The predicted molar refractivity (Wildman–Crippen MR) is 47.5 cm³/mol. The highest BCUT2D eigenvalue weighted by molar-refractivity contribution is 9.10. The summed E-state index contributed by atoms with van der Waals surface area (Å²) >= 11 is 3.06. The molecule has 0 spiro atoms. The van der Waals surface area contributed by atoms with Crippen molar-refractivity contribution in [1.29, 1.82) is 0 Å². The van der Waals surface area contributed by atoms with Crippen molar-refractivity contribution in [1.82, 2.24) is 5.32 Å². The van der Waals surface area contributed by atoms with Crippen LogP contribution in [-0.2, 0) is 4.74 Å². The van der Waals surface area contributed by atoms with Crippen LogP contribution in [-0.4, -0.2) is 18.2 Å². The molecule has 3 nitrogen and oxygen atoms in total. The number of carbonyl (C=O) groups is 1. The summed E-state index contributed by atoms with van der Waals surface area (Å²) < 4.78 is 4.95. The van der Waals surface area contributed by atoms with Crippen LogP contribution in [0.1, 0.15) is 20.8 Å². The van der Waals surface area contributed by atoms with Crippen molar-refractivity contribution in [3.8, 4) is 0 Å². The molecule has 4 heteroatoms. The van der Waals surface area contributed by atoms with Gasteiger partial charge < -0.3 is 4.74 Å². The summed E-state index contributed by atoms with van der Waals surface area (Å²) in [6.45, 7) is 5.94. The topological polar surface area (TPSA) is 38.3 Å². The fourth-order valence-corrected chi connectivity index (χ4v) is 0.598. The second-order valence-electron chi connectivity index (χ2n) is 3.04. The summed E-state index contributed by atoms with van der Waals surface area (Å²) in [7, 11) is 0. The molecule has 0 unspecified atom stereocenters. The largest absolute Gasteiger partial charge is 0.444 e. The number of halogens is 1. The lowest BCUT2D eigenvalue weighted by Crippen LogP contribution is -2.32. The first-order valence-electron chi connectivity index (χ1n) is 3.34. The third-order valence-corrected chi connectivity index (χ3v) is 1.05. The SMILES string of the molecule is CC(C)(C)OC(=O)NC[CH+]Br. The van der Waals surface area contributed by atoms with Gasteiger partial charge in [0.15, 0.2) is 27.8 Å². The average Bonchev–Trinajstić information content (AvgIpc) is 1.79. The van der Waals surface area contributed by atoms with Crippen LogP contribution < -0.4 is 5.32 Å². The van der Waals surface area contributed by atoms with Gasteiger partial charge in [-0.25, -0.2) is 4.79 Å². The van der Waals surface area contributed by atoms with E-state index in [1.165, 1.54) is 0 Å². The highest BCUT2D eigenvalue weighted by atomic mass is 79.9. The Morgan fingerprint density at radius 2 is 2.18 bits per heavy atom. The molecule has 0 saturated heterocycles. The van der Waals surface area contributed by atoms with E-state index in [0.717, 1.165) is 0 Å². The molecule has 0 aromatic rings. The molecule has 0 bridgehead atoms. The Balaban J connectivity index is 3.53. The van der Waals surface area contributed by atoms with Crippen molar-refractivity contribution in [2.24, 2.45) is 0 Å². The first-order valence-corrected chi connectivity index (χ1v) is 4.26. The Kier molecular flexibility index (Phi) is 4.33. The minimum Gasteiger partial charge on any atom is -0.444 e. The van der Waals surface area contributed by atoms with E-state index in [1.54, 1.807) is 5.33 Å². The number of nitrogens with one attached hydrogen (secondary N) is 1. The van der Waals surface area contributed by atoms with Crippen molar-refractivity contribution < 1.29 is 9.53 Å². The van der Waals surface area contributed by atoms with Gasteiger partial charge in [0.2, 0.25) is 0 Å². The molecule has 0 aromatic heterocycles. The monoisotopic (exact) mass is 222 g/mol. The van der Waals surface area contributed by atoms with Gasteiger partial charge in [-0.3, -0.25) is 5.32 Å². The van der Waals surface area contributed by atoms with E-state index >= 15 is 0 Å². The molecular weight excluding hydrogens is 210 g/mol. The molecule has 0 saturated carbocycles. The van der Waals surface area contributed by atoms with Gasteiger partial charge in [-0.05, 0) is 20.8 Å². The number of alkyl carbamates (subject to hydrolysis) is 1. The van der Waals surface area contributed by atoms with Crippen LogP contribution in [0.5, 0.6) is 0 Å². The first kappa shape index (κ1) is 10.6. The van der Waals surface area contributed by atoms with Crippen LogP contribution in [0.4, 0.5) is 4.79 Å². The van der Waals surface area contributed by atoms with Crippen LogP contribution in [0.3, 0.4) is 0 Å². The van der Waals surface area contributed by atoms with E-state index in [9.17, 15) is 4.79 Å². The molecule has 1 N–H and O–H groups in total. The Morgan fingerprint density at radius 3 is 2.55 bits per heavy atom. The smallest absolute Gasteiger partial charge is 0.410 e. The zero-order valence-electron chi connectivity index (χ0n) is 6.98. The Morgan fingerprint density at radius 1 is 1.64 bits per heavy atom. The van der Waals surface area contributed by atoms with Crippen LogP contribution in [0, 0.1) is 5.33 Å². The Hall–Kier alpha value is -0.380. The maximum absolute atomic E-state index is 10.8. The lowest BCUT2D eigenvalue weighted by atomic mass is 10.2. The second kappa shape index (κ2) is 4.49. The molecule has 64 valence electrons. The summed E-state index contributed by atoms with van der Waals surface area (Å²) in [6.07, 6.45) is -0.395. The van der Waals surface area contributed by atoms with Crippen molar-refractivity contribution in [3.05, 3.63) is 5.33 Å². The molecule has 0 heterocycles. The van der Waals surface area contributed by atoms with E-state index in [0.29, 0.717) is 6.54 Å². The van der Waals surface area contributed by atoms with Crippen molar-refractivity contribution in [3.63, 3.8) is 0 Å². The van der Waals surface area contributed by atoms with E-state index in [2.05, 4.69) is 21.2 Å². The number of rotatable bonds is 2. The quantitative estimate of drug-likeness (QED) is 0.727. The average molecular weight is 223 g/mol. The minimum atomic E-state index is -0.420. The molecule has 0 aliphatic rings. The van der Waals surface area contributed by atoms with Gasteiger partial charge in [-0.1, -0.05) is 0 Å². The molecule has 0 fully saturated rings. The van der Waals surface area contributed by atoms with Crippen LogP contribution in [0.15, 0.2) is 0 Å². The molecule has 0 atom stereocenters. The normalized spacial score (nSPS) is 10.5. The molecule has 11 heavy (non-hydrogen) atoms. The van der Waals surface area contributed by atoms with Gasteiger partial charge in [-0.2, -0.15) is 0 Å².